The Morgan fingerprint density at radius 3 is 2.77 bits per heavy atom. The van der Waals surface area contributed by atoms with Crippen molar-refractivity contribution >= 4 is 27.5 Å². The maximum Gasteiger partial charge on any atom is 0.100 e. The molecule has 0 aliphatic rings. The van der Waals surface area contributed by atoms with Crippen molar-refractivity contribution in [3.63, 3.8) is 0 Å². The molecule has 0 unspecified atom stereocenters. The van der Waals surface area contributed by atoms with Crippen LogP contribution in [0.1, 0.15) is 11.1 Å². The average molecular weight is 255 g/mol. The molecular formula is C10H5BrClN. The molecule has 0 N–H and O–H groups in total. The van der Waals surface area contributed by atoms with Crippen LogP contribution in [0, 0.1) is 23.2 Å². The van der Waals surface area contributed by atoms with E-state index in [2.05, 4.69) is 27.8 Å². The van der Waals surface area contributed by atoms with Gasteiger partial charge in [0, 0.05) is 10.6 Å². The molecule has 0 aliphatic heterocycles. The van der Waals surface area contributed by atoms with Crippen LogP contribution in [-0.2, 0) is 0 Å². The fourth-order valence-corrected chi connectivity index (χ4v) is 1.16. The molecule has 1 nitrogen and oxygen atoms in total. The van der Waals surface area contributed by atoms with E-state index in [4.69, 9.17) is 16.9 Å². The summed E-state index contributed by atoms with van der Waals surface area (Å²) >= 11 is 8.91. The summed E-state index contributed by atoms with van der Waals surface area (Å²) in [6.45, 7) is 0. The Morgan fingerprint density at radius 1 is 1.38 bits per heavy atom. The first-order chi connectivity index (χ1) is 6.27. The van der Waals surface area contributed by atoms with E-state index in [1.807, 2.05) is 6.07 Å². The molecule has 1 rings (SSSR count). The SMILES string of the molecule is N#Cc1cc(Cl)ccc1C#CCBr. The van der Waals surface area contributed by atoms with E-state index in [1.54, 1.807) is 18.2 Å². The van der Waals surface area contributed by atoms with Crippen molar-refractivity contribution in [2.75, 3.05) is 5.33 Å². The molecule has 0 atom stereocenters. The van der Waals surface area contributed by atoms with Crippen molar-refractivity contribution in [2.45, 2.75) is 0 Å². The van der Waals surface area contributed by atoms with Gasteiger partial charge in [-0.25, -0.2) is 0 Å². The first kappa shape index (κ1) is 10.1. The van der Waals surface area contributed by atoms with Crippen LogP contribution >= 0.6 is 27.5 Å². The van der Waals surface area contributed by atoms with Gasteiger partial charge in [0.15, 0.2) is 0 Å². The Labute approximate surface area is 90.5 Å². The van der Waals surface area contributed by atoms with Crippen LogP contribution in [0.5, 0.6) is 0 Å². The summed E-state index contributed by atoms with van der Waals surface area (Å²) in [5.74, 6) is 5.69. The molecule has 0 fully saturated rings. The summed E-state index contributed by atoms with van der Waals surface area (Å²) in [7, 11) is 0. The van der Waals surface area contributed by atoms with Crippen molar-refractivity contribution < 1.29 is 0 Å². The van der Waals surface area contributed by atoms with Crippen LogP contribution in [0.3, 0.4) is 0 Å². The summed E-state index contributed by atoms with van der Waals surface area (Å²) < 4.78 is 0. The van der Waals surface area contributed by atoms with Gasteiger partial charge < -0.3 is 0 Å². The molecule has 0 spiro atoms. The first-order valence-electron chi connectivity index (χ1n) is 3.52. The van der Waals surface area contributed by atoms with Gasteiger partial charge in [-0.15, -0.1) is 0 Å². The third-order valence-corrected chi connectivity index (χ3v) is 1.91. The topological polar surface area (TPSA) is 23.8 Å². The zero-order valence-electron chi connectivity index (χ0n) is 6.64. The van der Waals surface area contributed by atoms with E-state index in [9.17, 15) is 0 Å². The monoisotopic (exact) mass is 253 g/mol. The molecule has 3 heteroatoms. The predicted octanol–water partition coefficient (Wildman–Crippen LogP) is 2.96. The molecule has 0 bridgehead atoms. The van der Waals surface area contributed by atoms with Crippen LogP contribution in [0.15, 0.2) is 18.2 Å². The Bertz CT molecular complexity index is 409. The van der Waals surface area contributed by atoms with Crippen LogP contribution in [0.25, 0.3) is 0 Å². The third-order valence-electron chi connectivity index (χ3n) is 1.39. The predicted molar refractivity (Wildman–Crippen MR) is 56.8 cm³/mol. The van der Waals surface area contributed by atoms with Crippen molar-refractivity contribution in [2.24, 2.45) is 0 Å². The van der Waals surface area contributed by atoms with Crippen molar-refractivity contribution in [3.05, 3.63) is 34.3 Å². The van der Waals surface area contributed by atoms with Crippen molar-refractivity contribution in [1.29, 1.82) is 5.26 Å². The molecule has 0 saturated carbocycles. The number of nitrogens with zero attached hydrogens (tertiary/aromatic N) is 1. The van der Waals surface area contributed by atoms with Gasteiger partial charge in [0.05, 0.1) is 10.9 Å². The molecular weight excluding hydrogens is 249 g/mol. The molecule has 0 radical (unpaired) electrons. The van der Waals surface area contributed by atoms with Crippen LogP contribution in [0.2, 0.25) is 5.02 Å². The minimum atomic E-state index is 0.515. The van der Waals surface area contributed by atoms with Gasteiger partial charge in [-0.1, -0.05) is 39.4 Å². The number of benzene rings is 1. The Hall–Kier alpha value is -0.960. The van der Waals surface area contributed by atoms with Gasteiger partial charge in [-0.2, -0.15) is 5.26 Å². The molecule has 0 heterocycles. The summed E-state index contributed by atoms with van der Waals surface area (Å²) in [6.07, 6.45) is 0. The quantitative estimate of drug-likeness (QED) is 0.516. The lowest BCUT2D eigenvalue weighted by molar-refractivity contribution is 1.47. The molecule has 0 aromatic heterocycles. The lowest BCUT2D eigenvalue weighted by Gasteiger charge is -1.94. The highest BCUT2D eigenvalue weighted by molar-refractivity contribution is 9.09. The zero-order chi connectivity index (χ0) is 9.68. The average Bonchev–Trinajstić information content (AvgIpc) is 2.16. The first-order valence-corrected chi connectivity index (χ1v) is 5.02. The highest BCUT2D eigenvalue weighted by Gasteiger charge is 1.98. The minimum absolute atomic E-state index is 0.515. The van der Waals surface area contributed by atoms with E-state index in [0.717, 1.165) is 0 Å². The Kier molecular flexibility index (Phi) is 3.83. The van der Waals surface area contributed by atoms with Crippen molar-refractivity contribution in [3.8, 4) is 17.9 Å². The molecule has 0 saturated heterocycles. The van der Waals surface area contributed by atoms with E-state index in [-0.39, 0.29) is 0 Å². The fraction of sp³-hybridized carbons (Fsp3) is 0.100. The lowest BCUT2D eigenvalue weighted by Crippen LogP contribution is -1.82. The summed E-state index contributed by atoms with van der Waals surface area (Å²) in [6, 6.07) is 7.12. The molecule has 1 aromatic rings. The minimum Gasteiger partial charge on any atom is -0.192 e. The second-order valence-electron chi connectivity index (χ2n) is 2.24. The van der Waals surface area contributed by atoms with Crippen LogP contribution < -0.4 is 0 Å². The lowest BCUT2D eigenvalue weighted by atomic mass is 10.1. The maximum atomic E-state index is 8.75. The highest BCUT2D eigenvalue weighted by atomic mass is 79.9. The standard InChI is InChI=1S/C10H5BrClN/c11-5-1-2-8-3-4-10(12)6-9(8)7-13/h3-4,6H,5H2. The molecule has 0 aliphatic carbocycles. The van der Waals surface area contributed by atoms with Gasteiger partial charge in [-0.3, -0.25) is 0 Å². The number of halogens is 2. The van der Waals surface area contributed by atoms with Crippen LogP contribution in [-0.4, -0.2) is 5.33 Å². The number of rotatable bonds is 0. The largest absolute Gasteiger partial charge is 0.192 e. The molecule has 1 aromatic carbocycles. The molecule has 64 valence electrons. The normalized spacial score (nSPS) is 8.38. The highest BCUT2D eigenvalue weighted by Crippen LogP contribution is 2.14. The number of hydrogen-bond donors (Lipinski definition) is 0. The Morgan fingerprint density at radius 2 is 2.15 bits per heavy atom. The molecule has 13 heavy (non-hydrogen) atoms. The maximum absolute atomic E-state index is 8.75. The Balaban J connectivity index is 3.16. The van der Waals surface area contributed by atoms with Crippen LogP contribution in [0.4, 0.5) is 0 Å². The van der Waals surface area contributed by atoms with Crippen molar-refractivity contribution in [1.82, 2.24) is 0 Å². The third kappa shape index (κ3) is 2.77. The number of hydrogen-bond acceptors (Lipinski definition) is 1. The summed E-state index contributed by atoms with van der Waals surface area (Å²) in [5.41, 5.74) is 1.23. The van der Waals surface area contributed by atoms with Gasteiger partial charge in [0.2, 0.25) is 0 Å². The van der Waals surface area contributed by atoms with Gasteiger partial charge in [0.25, 0.3) is 0 Å². The van der Waals surface area contributed by atoms with E-state index < -0.39 is 0 Å². The zero-order valence-corrected chi connectivity index (χ0v) is 8.98. The van der Waals surface area contributed by atoms with E-state index in [1.165, 1.54) is 0 Å². The second kappa shape index (κ2) is 4.92. The number of nitriles is 1. The van der Waals surface area contributed by atoms with Gasteiger partial charge in [0.1, 0.15) is 6.07 Å². The second-order valence-corrected chi connectivity index (χ2v) is 3.23. The van der Waals surface area contributed by atoms with E-state index in [0.29, 0.717) is 21.5 Å². The fourth-order valence-electron chi connectivity index (χ4n) is 0.847. The molecule has 0 amide bonds. The summed E-state index contributed by atoms with van der Waals surface area (Å²) in [5, 5.41) is 9.91. The number of alkyl halides is 1. The van der Waals surface area contributed by atoms with E-state index >= 15 is 0 Å². The smallest absolute Gasteiger partial charge is 0.100 e. The van der Waals surface area contributed by atoms with Gasteiger partial charge >= 0.3 is 0 Å². The summed E-state index contributed by atoms with van der Waals surface area (Å²) in [4.78, 5) is 0. The van der Waals surface area contributed by atoms with Gasteiger partial charge in [-0.05, 0) is 18.2 Å².